The quantitative estimate of drug-likeness (QED) is 0.822. The summed E-state index contributed by atoms with van der Waals surface area (Å²) in [6.45, 7) is 6.04. The van der Waals surface area contributed by atoms with Gasteiger partial charge in [-0.2, -0.15) is 0 Å². The van der Waals surface area contributed by atoms with Gasteiger partial charge < -0.3 is 5.32 Å². The lowest BCUT2D eigenvalue weighted by Crippen LogP contribution is -2.28. The molecule has 1 fully saturated rings. The Hall–Kier alpha value is -1.42. The minimum absolute atomic E-state index is 0.0893. The van der Waals surface area contributed by atoms with E-state index in [0.717, 1.165) is 34.6 Å². The number of aryl methyl sites for hydroxylation is 1. The lowest BCUT2D eigenvalue weighted by atomic mass is 9.85. The van der Waals surface area contributed by atoms with Crippen LogP contribution in [0.5, 0.6) is 0 Å². The summed E-state index contributed by atoms with van der Waals surface area (Å²) in [5.41, 5.74) is 2.07. The number of carbonyl (C=O) groups is 1. The summed E-state index contributed by atoms with van der Waals surface area (Å²) in [6.07, 6.45) is 3.15. The minimum Gasteiger partial charge on any atom is -0.309 e. The highest BCUT2D eigenvalue weighted by molar-refractivity contribution is 9.10. The standard InChI is InChI=1S/C15H15BrN2O.C2H6/c1-9-5-6-11-8-12(16)14(17-13(11)7-9)18-15(19)10-3-2-4-10;1-2/h5-8,10H,2-4H2,1H3,(H,17,18,19);1-2H3. The second kappa shape index (κ2) is 7.03. The molecule has 1 aliphatic rings. The van der Waals surface area contributed by atoms with Crippen LogP contribution >= 0.6 is 15.9 Å². The van der Waals surface area contributed by atoms with Crippen molar-refractivity contribution in [3.63, 3.8) is 0 Å². The van der Waals surface area contributed by atoms with E-state index in [0.29, 0.717) is 5.82 Å². The average molecular weight is 349 g/mol. The van der Waals surface area contributed by atoms with Crippen molar-refractivity contribution in [2.24, 2.45) is 5.92 Å². The van der Waals surface area contributed by atoms with Gasteiger partial charge in [-0.25, -0.2) is 4.98 Å². The Morgan fingerprint density at radius 2 is 2.00 bits per heavy atom. The van der Waals surface area contributed by atoms with Gasteiger partial charge >= 0.3 is 0 Å². The van der Waals surface area contributed by atoms with Crippen LogP contribution in [0.1, 0.15) is 38.7 Å². The molecular formula is C17H21BrN2O. The molecule has 0 saturated heterocycles. The van der Waals surface area contributed by atoms with E-state index in [4.69, 9.17) is 0 Å². The van der Waals surface area contributed by atoms with Crippen LogP contribution in [0.25, 0.3) is 10.9 Å². The number of anilines is 1. The molecule has 0 aliphatic heterocycles. The Morgan fingerprint density at radius 3 is 2.62 bits per heavy atom. The number of carbonyl (C=O) groups excluding carboxylic acids is 1. The van der Waals surface area contributed by atoms with Crippen molar-refractivity contribution in [2.75, 3.05) is 5.32 Å². The molecule has 0 radical (unpaired) electrons. The first kappa shape index (κ1) is 16.0. The maximum atomic E-state index is 12.0. The first-order valence-electron chi connectivity index (χ1n) is 7.51. The van der Waals surface area contributed by atoms with Crippen molar-refractivity contribution in [3.8, 4) is 0 Å². The van der Waals surface area contributed by atoms with Crippen LogP contribution in [0.4, 0.5) is 5.82 Å². The lowest BCUT2D eigenvalue weighted by Gasteiger charge is -2.24. The lowest BCUT2D eigenvalue weighted by molar-refractivity contribution is -0.122. The summed E-state index contributed by atoms with van der Waals surface area (Å²) in [6, 6.07) is 8.13. The second-order valence-corrected chi connectivity index (χ2v) is 5.99. The highest BCUT2D eigenvalue weighted by Crippen LogP contribution is 2.30. The zero-order valence-electron chi connectivity index (χ0n) is 12.7. The van der Waals surface area contributed by atoms with Crippen molar-refractivity contribution < 1.29 is 4.79 Å². The number of rotatable bonds is 2. The van der Waals surface area contributed by atoms with E-state index in [1.807, 2.05) is 39.0 Å². The number of hydrogen-bond acceptors (Lipinski definition) is 2. The van der Waals surface area contributed by atoms with E-state index in [1.54, 1.807) is 0 Å². The summed E-state index contributed by atoms with van der Waals surface area (Å²) < 4.78 is 0.830. The Labute approximate surface area is 134 Å². The molecule has 2 aromatic rings. The van der Waals surface area contributed by atoms with Gasteiger partial charge in [0.2, 0.25) is 5.91 Å². The van der Waals surface area contributed by atoms with Crippen LogP contribution in [0.15, 0.2) is 28.7 Å². The number of amides is 1. The van der Waals surface area contributed by atoms with E-state index in [9.17, 15) is 4.79 Å². The zero-order chi connectivity index (χ0) is 15.4. The molecular weight excluding hydrogens is 328 g/mol. The Bertz CT molecular complexity index is 651. The van der Waals surface area contributed by atoms with Gasteiger partial charge in [0.25, 0.3) is 0 Å². The number of aromatic nitrogens is 1. The number of nitrogens with zero attached hydrogens (tertiary/aromatic N) is 1. The monoisotopic (exact) mass is 348 g/mol. The average Bonchev–Trinajstić information content (AvgIpc) is 2.40. The molecule has 0 unspecified atom stereocenters. The molecule has 1 saturated carbocycles. The number of halogens is 1. The third-order valence-electron chi connectivity index (χ3n) is 3.64. The van der Waals surface area contributed by atoms with Gasteiger partial charge in [-0.05, 0) is 53.4 Å². The third-order valence-corrected chi connectivity index (χ3v) is 4.25. The van der Waals surface area contributed by atoms with Gasteiger partial charge in [-0.15, -0.1) is 0 Å². The molecule has 3 rings (SSSR count). The molecule has 1 amide bonds. The van der Waals surface area contributed by atoms with E-state index >= 15 is 0 Å². The maximum absolute atomic E-state index is 12.0. The van der Waals surface area contributed by atoms with E-state index in [2.05, 4.69) is 32.3 Å². The van der Waals surface area contributed by atoms with Crippen molar-refractivity contribution in [1.29, 1.82) is 0 Å². The number of pyridine rings is 1. The van der Waals surface area contributed by atoms with E-state index in [-0.39, 0.29) is 11.8 Å². The summed E-state index contributed by atoms with van der Waals surface area (Å²) >= 11 is 3.48. The van der Waals surface area contributed by atoms with Crippen molar-refractivity contribution in [1.82, 2.24) is 4.98 Å². The highest BCUT2D eigenvalue weighted by atomic mass is 79.9. The molecule has 1 heterocycles. The summed E-state index contributed by atoms with van der Waals surface area (Å²) in [4.78, 5) is 16.5. The smallest absolute Gasteiger partial charge is 0.228 e. The molecule has 0 bridgehead atoms. The number of nitrogens with one attached hydrogen (secondary N) is 1. The van der Waals surface area contributed by atoms with Crippen LogP contribution in [-0.4, -0.2) is 10.9 Å². The number of benzene rings is 1. The molecule has 3 nitrogen and oxygen atoms in total. The molecule has 1 aromatic carbocycles. The predicted molar refractivity (Wildman–Crippen MR) is 91.5 cm³/mol. The molecule has 1 aromatic heterocycles. The van der Waals surface area contributed by atoms with E-state index < -0.39 is 0 Å². The fraction of sp³-hybridized carbons (Fsp3) is 0.412. The second-order valence-electron chi connectivity index (χ2n) is 5.13. The SMILES string of the molecule is CC.Cc1ccc2cc(Br)c(NC(=O)C3CCC3)nc2c1. The van der Waals surface area contributed by atoms with Gasteiger partial charge in [0.15, 0.2) is 0 Å². The Kier molecular flexibility index (Phi) is 5.34. The summed E-state index contributed by atoms with van der Waals surface area (Å²) in [7, 11) is 0. The van der Waals surface area contributed by atoms with Crippen LogP contribution in [0.3, 0.4) is 0 Å². The fourth-order valence-electron chi connectivity index (χ4n) is 2.23. The molecule has 4 heteroatoms. The molecule has 0 spiro atoms. The van der Waals surface area contributed by atoms with Gasteiger partial charge in [0, 0.05) is 11.3 Å². The van der Waals surface area contributed by atoms with Crippen LogP contribution in [-0.2, 0) is 4.79 Å². The van der Waals surface area contributed by atoms with Gasteiger partial charge in [0.05, 0.1) is 9.99 Å². The largest absolute Gasteiger partial charge is 0.309 e. The fourth-order valence-corrected chi connectivity index (χ4v) is 2.66. The van der Waals surface area contributed by atoms with Crippen molar-refractivity contribution in [3.05, 3.63) is 34.3 Å². The molecule has 112 valence electrons. The molecule has 1 N–H and O–H groups in total. The van der Waals surface area contributed by atoms with Crippen molar-refractivity contribution in [2.45, 2.75) is 40.0 Å². The zero-order valence-corrected chi connectivity index (χ0v) is 14.3. The maximum Gasteiger partial charge on any atom is 0.228 e. The van der Waals surface area contributed by atoms with Gasteiger partial charge in [-0.1, -0.05) is 32.4 Å². The molecule has 0 atom stereocenters. The van der Waals surface area contributed by atoms with Crippen molar-refractivity contribution >= 4 is 38.6 Å². The topological polar surface area (TPSA) is 42.0 Å². The van der Waals surface area contributed by atoms with Gasteiger partial charge in [0.1, 0.15) is 5.82 Å². The van der Waals surface area contributed by atoms with Crippen LogP contribution in [0, 0.1) is 12.8 Å². The highest BCUT2D eigenvalue weighted by Gasteiger charge is 2.25. The first-order chi connectivity index (χ1) is 10.1. The summed E-state index contributed by atoms with van der Waals surface area (Å²) in [5, 5.41) is 4.00. The first-order valence-corrected chi connectivity index (χ1v) is 8.30. The van der Waals surface area contributed by atoms with Crippen LogP contribution in [0.2, 0.25) is 0 Å². The van der Waals surface area contributed by atoms with Gasteiger partial charge in [-0.3, -0.25) is 4.79 Å². The summed E-state index contributed by atoms with van der Waals surface area (Å²) in [5.74, 6) is 0.878. The molecule has 21 heavy (non-hydrogen) atoms. The number of fused-ring (bicyclic) bond motifs is 1. The minimum atomic E-state index is 0.0893. The van der Waals surface area contributed by atoms with E-state index in [1.165, 1.54) is 5.56 Å². The Balaban J connectivity index is 0.000000774. The molecule has 1 aliphatic carbocycles. The van der Waals surface area contributed by atoms with Crippen LogP contribution < -0.4 is 5.32 Å². The Morgan fingerprint density at radius 1 is 1.29 bits per heavy atom. The third kappa shape index (κ3) is 3.62. The number of hydrogen-bond donors (Lipinski definition) is 1. The normalized spacial score (nSPS) is 14.1. The predicted octanol–water partition coefficient (Wildman–Crippen LogP) is 5.07.